The average Bonchev–Trinajstić information content (AvgIpc) is 3.61. The molecule has 0 bridgehead atoms. The second kappa shape index (κ2) is 12.3. The molecule has 230 valence electrons. The Kier molecular flexibility index (Phi) is 7.82. The molecule has 7 aromatic rings. The highest BCUT2D eigenvalue weighted by molar-refractivity contribution is 5.89. The zero-order valence-electron chi connectivity index (χ0n) is 27.3. The SMILES string of the molecule is C/C=C(\C)c1cc2nc(-c3ccc(-c4ccc(-c5nnc(-c6ccccc6)o5)cc4)cc3)c(-c3ccccc3)nc2cc1C(C)(C)C. The van der Waals surface area contributed by atoms with Gasteiger partial charge in [0.2, 0.25) is 11.8 Å². The fourth-order valence-corrected chi connectivity index (χ4v) is 5.87. The van der Waals surface area contributed by atoms with Crippen LogP contribution >= 0.6 is 0 Å². The van der Waals surface area contributed by atoms with Crippen LogP contribution < -0.4 is 0 Å². The minimum Gasteiger partial charge on any atom is -0.416 e. The zero-order chi connectivity index (χ0) is 32.5. The van der Waals surface area contributed by atoms with Gasteiger partial charge in [-0.25, -0.2) is 9.97 Å². The maximum Gasteiger partial charge on any atom is 0.248 e. The maximum atomic E-state index is 5.96. The van der Waals surface area contributed by atoms with Gasteiger partial charge in [0.1, 0.15) is 0 Å². The Morgan fingerprint density at radius 3 is 1.49 bits per heavy atom. The molecular weight excluding hydrogens is 576 g/mol. The third-order valence-electron chi connectivity index (χ3n) is 8.59. The van der Waals surface area contributed by atoms with E-state index in [-0.39, 0.29) is 5.41 Å². The maximum absolute atomic E-state index is 5.96. The molecule has 5 aromatic carbocycles. The van der Waals surface area contributed by atoms with E-state index < -0.39 is 0 Å². The molecule has 0 N–H and O–H groups in total. The molecular formula is C42H36N4O. The van der Waals surface area contributed by atoms with Crippen molar-refractivity contribution in [2.75, 3.05) is 0 Å². The first-order valence-corrected chi connectivity index (χ1v) is 15.9. The van der Waals surface area contributed by atoms with Gasteiger partial charge in [-0.15, -0.1) is 10.2 Å². The van der Waals surface area contributed by atoms with E-state index in [1.54, 1.807) is 0 Å². The quantitative estimate of drug-likeness (QED) is 0.187. The molecule has 0 unspecified atom stereocenters. The smallest absolute Gasteiger partial charge is 0.248 e. The van der Waals surface area contributed by atoms with Gasteiger partial charge >= 0.3 is 0 Å². The van der Waals surface area contributed by atoms with E-state index in [2.05, 4.69) is 112 Å². The van der Waals surface area contributed by atoms with Crippen LogP contribution in [-0.2, 0) is 5.41 Å². The minimum atomic E-state index is -0.0362. The number of benzene rings is 5. The van der Waals surface area contributed by atoms with Crippen molar-refractivity contribution >= 4 is 16.6 Å². The number of hydrogen-bond donors (Lipinski definition) is 0. The Morgan fingerprint density at radius 2 is 0.979 bits per heavy atom. The first-order chi connectivity index (χ1) is 22.8. The summed E-state index contributed by atoms with van der Waals surface area (Å²) in [5.74, 6) is 1.01. The van der Waals surface area contributed by atoms with Crippen LogP contribution in [0.3, 0.4) is 0 Å². The van der Waals surface area contributed by atoms with Crippen LogP contribution in [0.25, 0.3) is 73.2 Å². The highest BCUT2D eigenvalue weighted by Crippen LogP contribution is 2.37. The summed E-state index contributed by atoms with van der Waals surface area (Å²) in [6, 6.07) is 41.3. The Hall–Kier alpha value is -5.68. The zero-order valence-corrected chi connectivity index (χ0v) is 27.3. The largest absolute Gasteiger partial charge is 0.416 e. The normalized spacial score (nSPS) is 12.1. The van der Waals surface area contributed by atoms with Gasteiger partial charge in [0.15, 0.2) is 0 Å². The van der Waals surface area contributed by atoms with Crippen LogP contribution in [0.4, 0.5) is 0 Å². The van der Waals surface area contributed by atoms with Gasteiger partial charge in [0.25, 0.3) is 0 Å². The van der Waals surface area contributed by atoms with Crippen molar-refractivity contribution in [3.8, 4) is 56.6 Å². The van der Waals surface area contributed by atoms with Crippen molar-refractivity contribution in [3.63, 3.8) is 0 Å². The summed E-state index contributed by atoms with van der Waals surface area (Å²) in [6.07, 6.45) is 2.17. The molecule has 0 atom stereocenters. The number of allylic oxidation sites excluding steroid dienone is 2. The third kappa shape index (κ3) is 6.00. The summed E-state index contributed by atoms with van der Waals surface area (Å²) in [6.45, 7) is 11.0. The molecule has 0 aliphatic heterocycles. The second-order valence-corrected chi connectivity index (χ2v) is 12.8. The van der Waals surface area contributed by atoms with Gasteiger partial charge < -0.3 is 4.42 Å². The van der Waals surface area contributed by atoms with Crippen LogP contribution in [0.2, 0.25) is 0 Å². The van der Waals surface area contributed by atoms with E-state index in [1.807, 2.05) is 60.7 Å². The van der Waals surface area contributed by atoms with Gasteiger partial charge in [-0.1, -0.05) is 112 Å². The first kappa shape index (κ1) is 30.0. The average molecular weight is 613 g/mol. The first-order valence-electron chi connectivity index (χ1n) is 15.9. The summed E-state index contributed by atoms with van der Waals surface area (Å²) in [5.41, 5.74) is 13.2. The minimum absolute atomic E-state index is 0.0362. The number of aromatic nitrogens is 4. The van der Waals surface area contributed by atoms with Crippen LogP contribution in [0.5, 0.6) is 0 Å². The van der Waals surface area contributed by atoms with E-state index in [0.29, 0.717) is 11.8 Å². The Morgan fingerprint density at radius 1 is 0.553 bits per heavy atom. The van der Waals surface area contributed by atoms with E-state index >= 15 is 0 Å². The van der Waals surface area contributed by atoms with Gasteiger partial charge in [0, 0.05) is 22.3 Å². The van der Waals surface area contributed by atoms with Gasteiger partial charge in [-0.2, -0.15) is 0 Å². The summed E-state index contributed by atoms with van der Waals surface area (Å²) in [7, 11) is 0. The summed E-state index contributed by atoms with van der Waals surface area (Å²) < 4.78 is 5.96. The standard InChI is InChI=1S/C42H36N4O/c1-6-27(2)34-25-36-37(26-35(34)42(3,4)5)44-38(30-13-9-7-10-14-30)39(43-36)31-21-17-28(18-22-31)29-19-23-33(24-20-29)41-46-45-40(47-41)32-15-11-8-12-16-32/h6-26H,1-5H3/b27-6+. The monoisotopic (exact) mass is 612 g/mol. The molecule has 2 aromatic heterocycles. The number of fused-ring (bicyclic) bond motifs is 1. The molecule has 5 heteroatoms. The lowest BCUT2D eigenvalue weighted by Gasteiger charge is -2.24. The molecule has 0 aliphatic carbocycles. The van der Waals surface area contributed by atoms with Crippen molar-refractivity contribution in [1.82, 2.24) is 20.2 Å². The van der Waals surface area contributed by atoms with E-state index in [9.17, 15) is 0 Å². The molecule has 5 nitrogen and oxygen atoms in total. The lowest BCUT2D eigenvalue weighted by molar-refractivity contribution is 0.584. The molecule has 2 heterocycles. The van der Waals surface area contributed by atoms with Gasteiger partial charge in [-0.05, 0) is 83.5 Å². The van der Waals surface area contributed by atoms with Crippen molar-refractivity contribution < 1.29 is 4.42 Å². The van der Waals surface area contributed by atoms with Crippen molar-refractivity contribution in [3.05, 3.63) is 139 Å². The van der Waals surface area contributed by atoms with Crippen LogP contribution in [0.15, 0.2) is 132 Å². The third-order valence-corrected chi connectivity index (χ3v) is 8.59. The fraction of sp³-hybridized carbons (Fsp3) is 0.143. The summed E-state index contributed by atoms with van der Waals surface area (Å²) in [4.78, 5) is 10.5. The fourth-order valence-electron chi connectivity index (χ4n) is 5.87. The van der Waals surface area contributed by atoms with Crippen molar-refractivity contribution in [2.45, 2.75) is 40.0 Å². The van der Waals surface area contributed by atoms with E-state index in [4.69, 9.17) is 14.4 Å². The predicted octanol–water partition coefficient (Wildman–Crippen LogP) is 11.1. The molecule has 0 spiro atoms. The van der Waals surface area contributed by atoms with Crippen molar-refractivity contribution in [1.29, 1.82) is 0 Å². The van der Waals surface area contributed by atoms with Crippen LogP contribution in [-0.4, -0.2) is 20.2 Å². The highest BCUT2D eigenvalue weighted by Gasteiger charge is 2.22. The second-order valence-electron chi connectivity index (χ2n) is 12.8. The number of hydrogen-bond acceptors (Lipinski definition) is 5. The van der Waals surface area contributed by atoms with Crippen molar-refractivity contribution in [2.24, 2.45) is 0 Å². The Bertz CT molecular complexity index is 2210. The molecule has 47 heavy (non-hydrogen) atoms. The number of rotatable bonds is 6. The van der Waals surface area contributed by atoms with E-state index in [0.717, 1.165) is 55.8 Å². The lowest BCUT2D eigenvalue weighted by Crippen LogP contribution is -2.14. The predicted molar refractivity (Wildman–Crippen MR) is 193 cm³/mol. The molecule has 0 radical (unpaired) electrons. The summed E-state index contributed by atoms with van der Waals surface area (Å²) >= 11 is 0. The summed E-state index contributed by atoms with van der Waals surface area (Å²) in [5, 5.41) is 8.50. The van der Waals surface area contributed by atoms with Crippen LogP contribution in [0, 0.1) is 0 Å². The number of nitrogens with zero attached hydrogens (tertiary/aromatic N) is 4. The molecule has 0 saturated carbocycles. The van der Waals surface area contributed by atoms with Crippen LogP contribution in [0.1, 0.15) is 45.7 Å². The highest BCUT2D eigenvalue weighted by atomic mass is 16.4. The Balaban J connectivity index is 1.25. The lowest BCUT2D eigenvalue weighted by atomic mass is 9.81. The molecule has 0 aliphatic rings. The molecule has 0 saturated heterocycles. The molecule has 0 fully saturated rings. The molecule has 0 amide bonds. The van der Waals surface area contributed by atoms with Gasteiger partial charge in [-0.3, -0.25) is 0 Å². The van der Waals surface area contributed by atoms with Gasteiger partial charge in [0.05, 0.1) is 22.4 Å². The topological polar surface area (TPSA) is 64.7 Å². The Labute approximate surface area is 275 Å². The molecule has 7 rings (SSSR count). The van der Waals surface area contributed by atoms with E-state index in [1.165, 1.54) is 16.7 Å².